The molecule has 1 N–H and O–H groups in total. The fourth-order valence-electron chi connectivity index (χ4n) is 2.58. The van der Waals surface area contributed by atoms with Crippen molar-refractivity contribution in [3.63, 3.8) is 0 Å². The maximum absolute atomic E-state index is 12.3. The second-order valence-electron chi connectivity index (χ2n) is 5.92. The Kier molecular flexibility index (Phi) is 4.23. The maximum atomic E-state index is 12.3. The lowest BCUT2D eigenvalue weighted by molar-refractivity contribution is 0.0916. The van der Waals surface area contributed by atoms with Crippen LogP contribution in [0.15, 0.2) is 28.8 Å². The van der Waals surface area contributed by atoms with Gasteiger partial charge in [0.25, 0.3) is 5.91 Å². The van der Waals surface area contributed by atoms with Crippen molar-refractivity contribution in [3.05, 3.63) is 41.3 Å². The maximum Gasteiger partial charge on any atom is 0.273 e. The van der Waals surface area contributed by atoms with Crippen molar-refractivity contribution in [1.29, 1.82) is 0 Å². The Hall–Kier alpha value is -2.50. The van der Waals surface area contributed by atoms with Gasteiger partial charge >= 0.3 is 0 Å². The van der Waals surface area contributed by atoms with E-state index in [1.165, 1.54) is 0 Å². The van der Waals surface area contributed by atoms with E-state index in [0.717, 1.165) is 11.3 Å². The third kappa shape index (κ3) is 3.31. The molecule has 6 heteroatoms. The summed E-state index contributed by atoms with van der Waals surface area (Å²) >= 11 is 0. The fraction of sp³-hybridized carbons (Fsp3) is 0.412. The van der Waals surface area contributed by atoms with E-state index >= 15 is 0 Å². The smallest absolute Gasteiger partial charge is 0.273 e. The predicted molar refractivity (Wildman–Crippen MR) is 83.7 cm³/mol. The predicted octanol–water partition coefficient (Wildman–Crippen LogP) is 2.88. The molecule has 3 rings (SSSR count). The van der Waals surface area contributed by atoms with Crippen molar-refractivity contribution in [2.75, 3.05) is 13.2 Å². The second-order valence-corrected chi connectivity index (χ2v) is 5.92. The van der Waals surface area contributed by atoms with E-state index in [1.807, 2.05) is 18.2 Å². The third-order valence-corrected chi connectivity index (χ3v) is 3.74. The first-order chi connectivity index (χ1) is 11.0. The van der Waals surface area contributed by atoms with Crippen molar-refractivity contribution in [2.45, 2.75) is 26.8 Å². The van der Waals surface area contributed by atoms with E-state index in [0.29, 0.717) is 24.7 Å². The number of amides is 1. The Balaban J connectivity index is 1.82. The zero-order valence-corrected chi connectivity index (χ0v) is 13.5. The molecular formula is C17H20N2O4. The van der Waals surface area contributed by atoms with Gasteiger partial charge in [0.15, 0.2) is 17.2 Å². The molecule has 1 aliphatic heterocycles. The summed E-state index contributed by atoms with van der Waals surface area (Å²) in [5.41, 5.74) is 1.25. The van der Waals surface area contributed by atoms with Crippen molar-refractivity contribution >= 4 is 5.91 Å². The Bertz CT molecular complexity index is 708. The van der Waals surface area contributed by atoms with Gasteiger partial charge in [-0.15, -0.1) is 0 Å². The monoisotopic (exact) mass is 316 g/mol. The Morgan fingerprint density at radius 2 is 1.91 bits per heavy atom. The van der Waals surface area contributed by atoms with Crippen LogP contribution in [0.3, 0.4) is 0 Å². The van der Waals surface area contributed by atoms with Crippen molar-refractivity contribution < 1.29 is 18.8 Å². The summed E-state index contributed by atoms with van der Waals surface area (Å²) in [7, 11) is 0. The summed E-state index contributed by atoms with van der Waals surface area (Å²) in [5.74, 6) is 2.01. The lowest BCUT2D eigenvalue weighted by Crippen LogP contribution is -2.32. The molecule has 1 aromatic heterocycles. The number of aromatic nitrogens is 1. The van der Waals surface area contributed by atoms with Crippen LogP contribution in [0.2, 0.25) is 0 Å². The van der Waals surface area contributed by atoms with Gasteiger partial charge in [-0.3, -0.25) is 4.79 Å². The summed E-state index contributed by atoms with van der Waals surface area (Å²) in [4.78, 5) is 12.3. The molecular weight excluding hydrogens is 296 g/mol. The van der Waals surface area contributed by atoms with E-state index in [1.54, 1.807) is 13.0 Å². The number of nitrogens with zero attached hydrogens (tertiary/aromatic N) is 1. The van der Waals surface area contributed by atoms with Crippen LogP contribution in [0.5, 0.6) is 11.5 Å². The second kappa shape index (κ2) is 6.32. The van der Waals surface area contributed by atoms with Crippen molar-refractivity contribution in [2.24, 2.45) is 5.92 Å². The van der Waals surface area contributed by atoms with Gasteiger partial charge in [-0.1, -0.05) is 25.1 Å². The molecule has 2 heterocycles. The van der Waals surface area contributed by atoms with Crippen LogP contribution in [-0.4, -0.2) is 24.3 Å². The van der Waals surface area contributed by atoms with Gasteiger partial charge in [-0.25, -0.2) is 0 Å². The number of carbonyl (C=O) groups is 1. The average molecular weight is 316 g/mol. The number of ether oxygens (including phenoxy) is 2. The highest BCUT2D eigenvalue weighted by atomic mass is 16.6. The Morgan fingerprint density at radius 3 is 2.57 bits per heavy atom. The van der Waals surface area contributed by atoms with Gasteiger partial charge in [0.2, 0.25) is 0 Å². The molecule has 0 saturated heterocycles. The zero-order chi connectivity index (χ0) is 16.4. The first-order valence-electron chi connectivity index (χ1n) is 7.68. The molecule has 0 fully saturated rings. The number of nitrogens with one attached hydrogen (secondary N) is 1. The van der Waals surface area contributed by atoms with E-state index in [4.69, 9.17) is 14.0 Å². The number of benzene rings is 1. The molecule has 0 saturated carbocycles. The van der Waals surface area contributed by atoms with Crippen LogP contribution in [0, 0.1) is 12.8 Å². The molecule has 1 atom stereocenters. The number of aryl methyl sites for hydroxylation is 1. The molecule has 1 aliphatic rings. The first kappa shape index (κ1) is 15.4. The minimum absolute atomic E-state index is 0.157. The summed E-state index contributed by atoms with van der Waals surface area (Å²) < 4.78 is 16.1. The lowest BCUT2D eigenvalue weighted by Gasteiger charge is -2.25. The zero-order valence-electron chi connectivity index (χ0n) is 13.5. The van der Waals surface area contributed by atoms with Gasteiger partial charge in [-0.05, 0) is 30.5 Å². The molecule has 1 unspecified atom stereocenters. The van der Waals surface area contributed by atoms with Gasteiger partial charge in [0.1, 0.15) is 19.0 Å². The van der Waals surface area contributed by atoms with Crippen LogP contribution in [-0.2, 0) is 0 Å². The summed E-state index contributed by atoms with van der Waals surface area (Å²) in [5, 5.41) is 6.77. The van der Waals surface area contributed by atoms with Crippen LogP contribution < -0.4 is 14.8 Å². The molecule has 0 radical (unpaired) electrons. The molecule has 6 nitrogen and oxygen atoms in total. The molecule has 0 spiro atoms. The van der Waals surface area contributed by atoms with Crippen LogP contribution in [0.25, 0.3) is 0 Å². The molecule has 1 aromatic carbocycles. The standard InChI is InChI=1S/C17H20N2O4/c1-10(2)16(18-17(20)13-8-11(3)23-19-13)12-4-5-14-15(9-12)22-7-6-21-14/h4-5,8-10,16H,6-7H2,1-3H3,(H,18,20). The highest BCUT2D eigenvalue weighted by Gasteiger charge is 2.23. The minimum Gasteiger partial charge on any atom is -0.486 e. The molecule has 0 bridgehead atoms. The molecule has 122 valence electrons. The van der Waals surface area contributed by atoms with E-state index in [9.17, 15) is 4.79 Å². The number of hydrogen-bond acceptors (Lipinski definition) is 5. The SMILES string of the molecule is Cc1cc(C(=O)NC(c2ccc3c(c2)OCCO3)C(C)C)no1. The van der Waals surface area contributed by atoms with Gasteiger partial charge in [0, 0.05) is 6.07 Å². The molecule has 23 heavy (non-hydrogen) atoms. The number of carbonyl (C=O) groups excluding carboxylic acids is 1. The number of fused-ring (bicyclic) bond motifs is 1. The number of hydrogen-bond donors (Lipinski definition) is 1. The topological polar surface area (TPSA) is 73.6 Å². The van der Waals surface area contributed by atoms with Crippen molar-refractivity contribution in [3.8, 4) is 11.5 Å². The van der Waals surface area contributed by atoms with Crippen LogP contribution >= 0.6 is 0 Å². The lowest BCUT2D eigenvalue weighted by atomic mass is 9.95. The highest BCUT2D eigenvalue weighted by Crippen LogP contribution is 2.34. The quantitative estimate of drug-likeness (QED) is 0.939. The Labute approximate surface area is 134 Å². The van der Waals surface area contributed by atoms with E-state index in [-0.39, 0.29) is 23.6 Å². The van der Waals surface area contributed by atoms with Gasteiger partial charge in [0.05, 0.1) is 6.04 Å². The Morgan fingerprint density at radius 1 is 1.17 bits per heavy atom. The molecule has 1 amide bonds. The summed E-state index contributed by atoms with van der Waals surface area (Å²) in [6.07, 6.45) is 0. The minimum atomic E-state index is -0.254. The van der Waals surface area contributed by atoms with Crippen LogP contribution in [0.4, 0.5) is 0 Å². The summed E-state index contributed by atoms with van der Waals surface area (Å²) in [6, 6.07) is 7.22. The largest absolute Gasteiger partial charge is 0.486 e. The van der Waals surface area contributed by atoms with Crippen LogP contribution in [0.1, 0.15) is 41.7 Å². The molecule has 2 aromatic rings. The van der Waals surface area contributed by atoms with Crippen molar-refractivity contribution in [1.82, 2.24) is 10.5 Å². The normalized spacial score (nSPS) is 14.6. The highest BCUT2D eigenvalue weighted by molar-refractivity contribution is 5.92. The van der Waals surface area contributed by atoms with E-state index in [2.05, 4.69) is 24.3 Å². The van der Waals surface area contributed by atoms with Gasteiger partial charge < -0.3 is 19.3 Å². The molecule has 0 aliphatic carbocycles. The van der Waals surface area contributed by atoms with E-state index < -0.39 is 0 Å². The van der Waals surface area contributed by atoms with Gasteiger partial charge in [-0.2, -0.15) is 0 Å². The number of rotatable bonds is 4. The average Bonchev–Trinajstić information content (AvgIpc) is 2.98. The fourth-order valence-corrected chi connectivity index (χ4v) is 2.58. The first-order valence-corrected chi connectivity index (χ1v) is 7.68. The summed E-state index contributed by atoms with van der Waals surface area (Å²) in [6.45, 7) is 6.95. The third-order valence-electron chi connectivity index (χ3n) is 3.74.